The minimum absolute atomic E-state index is 0.0677. The zero-order chi connectivity index (χ0) is 15.5. The van der Waals surface area contributed by atoms with E-state index in [1.54, 1.807) is 7.11 Å². The lowest BCUT2D eigenvalue weighted by Gasteiger charge is -2.17. The van der Waals surface area contributed by atoms with E-state index in [2.05, 4.69) is 5.32 Å². The molecule has 1 aromatic carbocycles. The standard InChI is InChI=1S/C17H21NO4/c1-11-14(4-5-15(11)19)18-12-3-6-16(20-2)17(9-12)22-13-7-8-21-10-13/h3,6,9,13,18H,4-5,7-8,10H2,1-2H3/t13-/m1/s1. The molecule has 0 saturated carbocycles. The number of ether oxygens (including phenoxy) is 3. The summed E-state index contributed by atoms with van der Waals surface area (Å²) < 4.78 is 16.7. The molecule has 22 heavy (non-hydrogen) atoms. The maximum absolute atomic E-state index is 11.6. The molecule has 118 valence electrons. The van der Waals surface area contributed by atoms with Crippen LogP contribution in [0.2, 0.25) is 0 Å². The number of methoxy groups -OCH3 is 1. The van der Waals surface area contributed by atoms with Gasteiger partial charge in [0.2, 0.25) is 0 Å². The number of carbonyl (C=O) groups excluding carboxylic acids is 1. The maximum atomic E-state index is 11.6. The third kappa shape index (κ3) is 3.09. The first-order valence-electron chi connectivity index (χ1n) is 7.60. The molecule has 5 nitrogen and oxygen atoms in total. The molecule has 1 heterocycles. The number of Topliss-reactive ketones (excluding diaryl/α,β-unsaturated/α-hetero) is 1. The van der Waals surface area contributed by atoms with Crippen molar-refractivity contribution in [2.24, 2.45) is 0 Å². The Balaban J connectivity index is 1.79. The normalized spacial score (nSPS) is 21.4. The number of anilines is 1. The van der Waals surface area contributed by atoms with E-state index in [1.165, 1.54) is 0 Å². The SMILES string of the molecule is COc1ccc(NC2=C(C)C(=O)CC2)cc1O[C@@H]1CCOC1. The van der Waals surface area contributed by atoms with Crippen LogP contribution in [0.3, 0.4) is 0 Å². The van der Waals surface area contributed by atoms with Crippen LogP contribution in [0.5, 0.6) is 11.5 Å². The molecule has 0 radical (unpaired) electrons. The maximum Gasteiger partial charge on any atom is 0.163 e. The number of allylic oxidation sites excluding steroid dienone is 2. The summed E-state index contributed by atoms with van der Waals surface area (Å²) >= 11 is 0. The third-order valence-corrected chi connectivity index (χ3v) is 4.11. The van der Waals surface area contributed by atoms with E-state index in [-0.39, 0.29) is 11.9 Å². The van der Waals surface area contributed by atoms with Crippen LogP contribution in [-0.2, 0) is 9.53 Å². The number of carbonyl (C=O) groups is 1. The predicted molar refractivity (Wildman–Crippen MR) is 83.4 cm³/mol. The van der Waals surface area contributed by atoms with Crippen molar-refractivity contribution in [3.8, 4) is 11.5 Å². The van der Waals surface area contributed by atoms with E-state index < -0.39 is 0 Å². The molecule has 3 rings (SSSR count). The summed E-state index contributed by atoms with van der Waals surface area (Å²) in [4.78, 5) is 11.6. The molecule has 1 aliphatic carbocycles. The molecule has 0 spiro atoms. The van der Waals surface area contributed by atoms with Crippen molar-refractivity contribution in [3.05, 3.63) is 29.5 Å². The number of nitrogens with one attached hydrogen (secondary N) is 1. The quantitative estimate of drug-likeness (QED) is 0.906. The minimum Gasteiger partial charge on any atom is -0.493 e. The summed E-state index contributed by atoms with van der Waals surface area (Å²) in [5.74, 6) is 1.62. The van der Waals surface area contributed by atoms with Crippen LogP contribution >= 0.6 is 0 Å². The molecule has 1 saturated heterocycles. The van der Waals surface area contributed by atoms with E-state index in [0.29, 0.717) is 24.5 Å². The number of hydrogen-bond acceptors (Lipinski definition) is 5. The molecule has 1 aliphatic heterocycles. The van der Waals surface area contributed by atoms with Crippen molar-refractivity contribution in [3.63, 3.8) is 0 Å². The number of benzene rings is 1. The summed E-state index contributed by atoms with van der Waals surface area (Å²) in [6, 6.07) is 5.72. The van der Waals surface area contributed by atoms with E-state index in [4.69, 9.17) is 14.2 Å². The summed E-state index contributed by atoms with van der Waals surface area (Å²) in [5, 5.41) is 3.33. The predicted octanol–water partition coefficient (Wildman–Crippen LogP) is 2.91. The lowest BCUT2D eigenvalue weighted by molar-refractivity contribution is -0.114. The summed E-state index contributed by atoms with van der Waals surface area (Å²) in [6.07, 6.45) is 2.31. The Hall–Kier alpha value is -2.01. The van der Waals surface area contributed by atoms with E-state index >= 15 is 0 Å². The van der Waals surface area contributed by atoms with Crippen LogP contribution in [-0.4, -0.2) is 32.2 Å². The van der Waals surface area contributed by atoms with Gasteiger partial charge in [-0.25, -0.2) is 0 Å². The number of ketones is 1. The fourth-order valence-electron chi connectivity index (χ4n) is 2.74. The lowest BCUT2D eigenvalue weighted by Crippen LogP contribution is -2.16. The van der Waals surface area contributed by atoms with Crippen LogP contribution < -0.4 is 14.8 Å². The van der Waals surface area contributed by atoms with Gasteiger partial charge in [-0.15, -0.1) is 0 Å². The fraction of sp³-hybridized carbons (Fsp3) is 0.471. The monoisotopic (exact) mass is 303 g/mol. The van der Waals surface area contributed by atoms with Crippen molar-refractivity contribution in [1.29, 1.82) is 0 Å². The number of hydrogen-bond donors (Lipinski definition) is 1. The van der Waals surface area contributed by atoms with Crippen molar-refractivity contribution < 1.29 is 19.0 Å². The molecule has 1 atom stereocenters. The Morgan fingerprint density at radius 3 is 2.77 bits per heavy atom. The fourth-order valence-corrected chi connectivity index (χ4v) is 2.74. The number of rotatable bonds is 5. The molecule has 2 aliphatic rings. The van der Waals surface area contributed by atoms with Gasteiger partial charge < -0.3 is 19.5 Å². The molecule has 0 amide bonds. The molecule has 1 fully saturated rings. The molecule has 0 unspecified atom stereocenters. The zero-order valence-electron chi connectivity index (χ0n) is 13.0. The van der Waals surface area contributed by atoms with Gasteiger partial charge in [0.05, 0.1) is 20.3 Å². The first-order chi connectivity index (χ1) is 10.7. The van der Waals surface area contributed by atoms with Crippen LogP contribution in [0.4, 0.5) is 5.69 Å². The van der Waals surface area contributed by atoms with Gasteiger partial charge in [0, 0.05) is 35.9 Å². The molecule has 1 aromatic rings. The highest BCUT2D eigenvalue weighted by molar-refractivity contribution is 5.98. The second kappa shape index (κ2) is 6.40. The lowest BCUT2D eigenvalue weighted by atomic mass is 10.2. The minimum atomic E-state index is 0.0677. The molecule has 0 aromatic heterocycles. The summed E-state index contributed by atoms with van der Waals surface area (Å²) in [5.41, 5.74) is 2.71. The molecule has 1 N–H and O–H groups in total. The Morgan fingerprint density at radius 2 is 2.14 bits per heavy atom. The van der Waals surface area contributed by atoms with E-state index in [9.17, 15) is 4.79 Å². The van der Waals surface area contributed by atoms with Gasteiger partial charge in [-0.2, -0.15) is 0 Å². The Bertz CT molecular complexity index is 603. The highest BCUT2D eigenvalue weighted by atomic mass is 16.6. The molecule has 0 bridgehead atoms. The molecular formula is C17H21NO4. The van der Waals surface area contributed by atoms with Gasteiger partial charge in [-0.1, -0.05) is 0 Å². The van der Waals surface area contributed by atoms with Gasteiger partial charge in [0.1, 0.15) is 6.10 Å². The van der Waals surface area contributed by atoms with Crippen molar-refractivity contribution in [2.75, 3.05) is 25.6 Å². The molecule has 5 heteroatoms. The largest absolute Gasteiger partial charge is 0.493 e. The second-order valence-corrected chi connectivity index (χ2v) is 5.62. The summed E-state index contributed by atoms with van der Waals surface area (Å²) in [6.45, 7) is 3.22. The highest BCUT2D eigenvalue weighted by Gasteiger charge is 2.21. The second-order valence-electron chi connectivity index (χ2n) is 5.62. The topological polar surface area (TPSA) is 56.8 Å². The van der Waals surface area contributed by atoms with Crippen molar-refractivity contribution in [2.45, 2.75) is 32.3 Å². The van der Waals surface area contributed by atoms with Crippen LogP contribution in [0.1, 0.15) is 26.2 Å². The van der Waals surface area contributed by atoms with E-state index in [0.717, 1.165) is 36.4 Å². The third-order valence-electron chi connectivity index (χ3n) is 4.11. The van der Waals surface area contributed by atoms with Crippen molar-refractivity contribution >= 4 is 11.5 Å². The zero-order valence-corrected chi connectivity index (χ0v) is 13.0. The Kier molecular flexibility index (Phi) is 4.34. The average Bonchev–Trinajstić information content (AvgIpc) is 3.13. The highest BCUT2D eigenvalue weighted by Crippen LogP contribution is 2.33. The average molecular weight is 303 g/mol. The van der Waals surface area contributed by atoms with Gasteiger partial charge in [-0.05, 0) is 25.5 Å². The first kappa shape index (κ1) is 14.9. The van der Waals surface area contributed by atoms with E-state index in [1.807, 2.05) is 25.1 Å². The van der Waals surface area contributed by atoms with Gasteiger partial charge >= 0.3 is 0 Å². The van der Waals surface area contributed by atoms with Crippen LogP contribution in [0, 0.1) is 0 Å². The van der Waals surface area contributed by atoms with Gasteiger partial charge in [-0.3, -0.25) is 4.79 Å². The Labute approximate surface area is 130 Å². The smallest absolute Gasteiger partial charge is 0.163 e. The van der Waals surface area contributed by atoms with Crippen molar-refractivity contribution in [1.82, 2.24) is 0 Å². The Morgan fingerprint density at radius 1 is 1.27 bits per heavy atom. The molecular weight excluding hydrogens is 282 g/mol. The first-order valence-corrected chi connectivity index (χ1v) is 7.60. The van der Waals surface area contributed by atoms with Crippen LogP contribution in [0.25, 0.3) is 0 Å². The summed E-state index contributed by atoms with van der Waals surface area (Å²) in [7, 11) is 1.63. The van der Waals surface area contributed by atoms with Gasteiger partial charge in [0.15, 0.2) is 17.3 Å². The van der Waals surface area contributed by atoms with Gasteiger partial charge in [0.25, 0.3) is 0 Å². The van der Waals surface area contributed by atoms with Crippen LogP contribution in [0.15, 0.2) is 29.5 Å².